The summed E-state index contributed by atoms with van der Waals surface area (Å²) < 4.78 is 11.7. The number of nitrogens with two attached hydrogens (primary N) is 2. The first-order valence-corrected chi connectivity index (χ1v) is 14.0. The number of nitrogens with one attached hydrogen (secondary N) is 1. The summed E-state index contributed by atoms with van der Waals surface area (Å²) in [7, 11) is 1.67. The van der Waals surface area contributed by atoms with Crippen molar-refractivity contribution in [2.75, 3.05) is 57.9 Å². The lowest BCUT2D eigenvalue weighted by atomic mass is 10.2. The number of aromatic nitrogens is 3. The molecule has 36 heavy (non-hydrogen) atoms. The Labute approximate surface area is 221 Å². The number of hydrogen-bond donors (Lipinski definition) is 3. The first-order valence-electron chi connectivity index (χ1n) is 12.3. The summed E-state index contributed by atoms with van der Waals surface area (Å²) in [5.41, 5.74) is 13.8. The summed E-state index contributed by atoms with van der Waals surface area (Å²) in [5, 5.41) is 4.95. The summed E-state index contributed by atoms with van der Waals surface area (Å²) in [6, 6.07) is 7.59. The minimum atomic E-state index is 0.0470. The summed E-state index contributed by atoms with van der Waals surface area (Å²) in [6.07, 6.45) is 2.00. The Balaban J connectivity index is 1.53. The molecular weight excluding hydrogens is 494 g/mol. The van der Waals surface area contributed by atoms with Gasteiger partial charge in [-0.05, 0) is 31.5 Å². The molecule has 1 fully saturated rings. The molecule has 5 N–H and O–H groups in total. The van der Waals surface area contributed by atoms with Gasteiger partial charge in [0, 0.05) is 49.2 Å². The fraction of sp³-hybridized carbons (Fsp3) is 0.480. The molecule has 0 spiro atoms. The van der Waals surface area contributed by atoms with Gasteiger partial charge in [0.15, 0.2) is 16.7 Å². The van der Waals surface area contributed by atoms with Gasteiger partial charge in [-0.3, -0.25) is 4.90 Å². The van der Waals surface area contributed by atoms with Crippen molar-refractivity contribution in [1.82, 2.24) is 25.2 Å². The molecular formula is C25H35N7O2S2. The van der Waals surface area contributed by atoms with Gasteiger partial charge in [-0.15, -0.1) is 11.3 Å². The number of nitrogens with zero attached hydrogens (tertiary/aromatic N) is 4. The second kappa shape index (κ2) is 12.6. The molecule has 2 aromatic heterocycles. The maximum Gasteiger partial charge on any atom is 0.192 e. The molecule has 0 unspecified atom stereocenters. The Morgan fingerprint density at radius 1 is 1.11 bits per heavy atom. The zero-order valence-corrected chi connectivity index (χ0v) is 22.8. The normalized spacial score (nSPS) is 15.1. The summed E-state index contributed by atoms with van der Waals surface area (Å²) >= 11 is 3.24. The van der Waals surface area contributed by atoms with E-state index in [1.807, 2.05) is 18.2 Å². The van der Waals surface area contributed by atoms with Crippen LogP contribution in [0.1, 0.15) is 36.1 Å². The number of thiazole rings is 1. The summed E-state index contributed by atoms with van der Waals surface area (Å²) in [4.78, 5) is 17.4. The Morgan fingerprint density at radius 3 is 2.56 bits per heavy atom. The first-order chi connectivity index (χ1) is 17.5. The molecule has 1 atom stereocenters. The largest absolute Gasteiger partial charge is 0.493 e. The predicted molar refractivity (Wildman–Crippen MR) is 148 cm³/mol. The predicted octanol–water partition coefficient (Wildman–Crippen LogP) is 3.86. The van der Waals surface area contributed by atoms with E-state index in [2.05, 4.69) is 34.0 Å². The SMILES string of the molecule is CCCc1sc(-c2ccc(OC)c(OCCN3CCNCC3)c2)nc1[C@@H](C)Sc1nc(N)cc(N)n1. The first kappa shape index (κ1) is 26.5. The Morgan fingerprint density at radius 2 is 1.86 bits per heavy atom. The van der Waals surface area contributed by atoms with Gasteiger partial charge >= 0.3 is 0 Å². The van der Waals surface area contributed by atoms with E-state index in [1.54, 1.807) is 24.5 Å². The lowest BCUT2D eigenvalue weighted by Crippen LogP contribution is -2.44. The highest BCUT2D eigenvalue weighted by Crippen LogP contribution is 2.41. The number of aryl methyl sites for hydroxylation is 1. The number of nitrogen functional groups attached to an aromatic ring is 2. The second-order valence-corrected chi connectivity index (χ2v) is 11.0. The molecule has 0 bridgehead atoms. The Bertz CT molecular complexity index is 1130. The van der Waals surface area contributed by atoms with Crippen LogP contribution in [0.25, 0.3) is 10.6 Å². The molecule has 3 heterocycles. The van der Waals surface area contributed by atoms with Gasteiger partial charge in [-0.25, -0.2) is 15.0 Å². The lowest BCUT2D eigenvalue weighted by molar-refractivity contribution is 0.188. The number of hydrogen-bond acceptors (Lipinski definition) is 11. The third-order valence-electron chi connectivity index (χ3n) is 5.90. The number of piperazine rings is 1. The zero-order valence-electron chi connectivity index (χ0n) is 21.1. The molecule has 9 nitrogen and oxygen atoms in total. The van der Waals surface area contributed by atoms with E-state index in [-0.39, 0.29) is 5.25 Å². The third kappa shape index (κ3) is 6.78. The monoisotopic (exact) mass is 529 g/mol. The van der Waals surface area contributed by atoms with Crippen molar-refractivity contribution >= 4 is 34.7 Å². The highest BCUT2D eigenvalue weighted by atomic mass is 32.2. The van der Waals surface area contributed by atoms with E-state index in [1.165, 1.54) is 16.6 Å². The van der Waals surface area contributed by atoms with Crippen molar-refractivity contribution < 1.29 is 9.47 Å². The van der Waals surface area contributed by atoms with E-state index in [0.29, 0.717) is 23.4 Å². The third-order valence-corrected chi connectivity index (χ3v) is 8.05. The molecule has 1 aromatic carbocycles. The van der Waals surface area contributed by atoms with Gasteiger partial charge in [-0.1, -0.05) is 25.1 Å². The van der Waals surface area contributed by atoms with Gasteiger partial charge in [0.05, 0.1) is 18.1 Å². The average Bonchev–Trinajstić information content (AvgIpc) is 3.28. The van der Waals surface area contributed by atoms with Crippen LogP contribution in [0, 0.1) is 0 Å². The zero-order chi connectivity index (χ0) is 25.5. The van der Waals surface area contributed by atoms with Gasteiger partial charge in [0.2, 0.25) is 0 Å². The van der Waals surface area contributed by atoms with Crippen LogP contribution in [0.4, 0.5) is 11.6 Å². The van der Waals surface area contributed by atoms with E-state index >= 15 is 0 Å². The molecule has 3 aromatic rings. The van der Waals surface area contributed by atoms with Crippen molar-refractivity contribution in [2.45, 2.75) is 37.1 Å². The quantitative estimate of drug-likeness (QED) is 0.249. The minimum absolute atomic E-state index is 0.0470. The van der Waals surface area contributed by atoms with Crippen LogP contribution in [0.3, 0.4) is 0 Å². The molecule has 0 saturated carbocycles. The number of ether oxygens (including phenoxy) is 2. The van der Waals surface area contributed by atoms with Crippen LogP contribution in [0.2, 0.25) is 0 Å². The van der Waals surface area contributed by atoms with E-state index in [9.17, 15) is 0 Å². The second-order valence-electron chi connectivity index (χ2n) is 8.64. The summed E-state index contributed by atoms with van der Waals surface area (Å²) in [6.45, 7) is 9.95. The lowest BCUT2D eigenvalue weighted by Gasteiger charge is -2.27. The average molecular weight is 530 g/mol. The fourth-order valence-electron chi connectivity index (χ4n) is 4.08. The molecule has 0 radical (unpaired) electrons. The van der Waals surface area contributed by atoms with Crippen LogP contribution in [-0.2, 0) is 6.42 Å². The molecule has 1 saturated heterocycles. The molecule has 11 heteroatoms. The van der Waals surface area contributed by atoms with Crippen LogP contribution in [0.5, 0.6) is 11.5 Å². The maximum absolute atomic E-state index is 6.17. The van der Waals surface area contributed by atoms with Crippen molar-refractivity contribution in [3.63, 3.8) is 0 Å². The number of thioether (sulfide) groups is 1. The van der Waals surface area contributed by atoms with Crippen molar-refractivity contribution in [3.05, 3.63) is 34.8 Å². The topological polar surface area (TPSA) is 124 Å². The standard InChI is InChI=1S/C25H35N7O2S2/c1-4-5-20-23(16(2)35-25-29-21(26)15-22(27)30-25)31-24(36-20)17-6-7-18(33-3)19(14-17)34-13-12-32-10-8-28-9-11-32/h6-7,14-16,28H,4-5,8-13H2,1-3H3,(H4,26,27,29,30)/t16-/m1/s1. The smallest absolute Gasteiger partial charge is 0.192 e. The van der Waals surface area contributed by atoms with Crippen molar-refractivity contribution in [1.29, 1.82) is 0 Å². The highest BCUT2D eigenvalue weighted by Gasteiger charge is 2.21. The van der Waals surface area contributed by atoms with E-state index in [4.69, 9.17) is 25.9 Å². The number of anilines is 2. The molecule has 1 aliphatic heterocycles. The van der Waals surface area contributed by atoms with Crippen LogP contribution in [0.15, 0.2) is 29.4 Å². The van der Waals surface area contributed by atoms with Crippen LogP contribution < -0.4 is 26.3 Å². The van der Waals surface area contributed by atoms with Gasteiger partial charge in [0.25, 0.3) is 0 Å². The van der Waals surface area contributed by atoms with Crippen LogP contribution >= 0.6 is 23.1 Å². The van der Waals surface area contributed by atoms with Crippen molar-refractivity contribution in [3.8, 4) is 22.1 Å². The Hall–Kier alpha value is -2.60. The molecule has 194 valence electrons. The Kier molecular flexibility index (Phi) is 9.24. The van der Waals surface area contributed by atoms with Crippen molar-refractivity contribution in [2.24, 2.45) is 0 Å². The number of methoxy groups -OCH3 is 1. The van der Waals surface area contributed by atoms with Gasteiger partial charge in [0.1, 0.15) is 23.3 Å². The van der Waals surface area contributed by atoms with Gasteiger partial charge < -0.3 is 26.3 Å². The minimum Gasteiger partial charge on any atom is -0.493 e. The number of benzene rings is 1. The molecule has 0 amide bonds. The number of rotatable bonds is 11. The molecule has 1 aliphatic rings. The van der Waals surface area contributed by atoms with E-state index in [0.717, 1.165) is 73.3 Å². The van der Waals surface area contributed by atoms with E-state index < -0.39 is 0 Å². The summed E-state index contributed by atoms with van der Waals surface area (Å²) in [5.74, 6) is 2.20. The fourth-order valence-corrected chi connectivity index (χ4v) is 6.35. The van der Waals surface area contributed by atoms with Crippen LogP contribution in [-0.4, -0.2) is 66.3 Å². The molecule has 0 aliphatic carbocycles. The van der Waals surface area contributed by atoms with Gasteiger partial charge in [-0.2, -0.15) is 0 Å². The maximum atomic E-state index is 6.17. The highest BCUT2D eigenvalue weighted by molar-refractivity contribution is 7.99. The molecule has 4 rings (SSSR count).